The SMILES string of the molecule is Cc1nnc([C@@H](C)N(C)Cc2cc(Cl)ccc2F)s1. The van der Waals surface area contributed by atoms with E-state index in [2.05, 4.69) is 10.2 Å². The molecule has 0 spiro atoms. The summed E-state index contributed by atoms with van der Waals surface area (Å²) in [7, 11) is 1.93. The summed E-state index contributed by atoms with van der Waals surface area (Å²) in [6, 6.07) is 4.69. The number of rotatable bonds is 4. The average Bonchev–Trinajstić information content (AvgIpc) is 2.79. The van der Waals surface area contributed by atoms with Crippen molar-refractivity contribution >= 4 is 22.9 Å². The first kappa shape index (κ1) is 14.4. The van der Waals surface area contributed by atoms with E-state index in [0.717, 1.165) is 10.0 Å². The fourth-order valence-electron chi connectivity index (χ4n) is 1.74. The van der Waals surface area contributed by atoms with Gasteiger partial charge in [-0.25, -0.2) is 4.39 Å². The van der Waals surface area contributed by atoms with E-state index in [1.165, 1.54) is 6.07 Å². The van der Waals surface area contributed by atoms with Crippen LogP contribution in [0.2, 0.25) is 5.02 Å². The van der Waals surface area contributed by atoms with Crippen molar-refractivity contribution in [2.24, 2.45) is 0 Å². The van der Waals surface area contributed by atoms with E-state index < -0.39 is 0 Å². The normalized spacial score (nSPS) is 12.9. The Bertz CT molecular complexity index is 573. The molecule has 0 N–H and O–H groups in total. The summed E-state index contributed by atoms with van der Waals surface area (Å²) in [4.78, 5) is 2.02. The van der Waals surface area contributed by atoms with Crippen molar-refractivity contribution in [1.29, 1.82) is 0 Å². The number of halogens is 2. The van der Waals surface area contributed by atoms with E-state index >= 15 is 0 Å². The van der Waals surface area contributed by atoms with E-state index in [1.807, 2.05) is 25.8 Å². The molecule has 1 heterocycles. The van der Waals surface area contributed by atoms with Crippen molar-refractivity contribution in [1.82, 2.24) is 15.1 Å². The van der Waals surface area contributed by atoms with Crippen molar-refractivity contribution < 1.29 is 4.39 Å². The molecule has 1 aromatic carbocycles. The maximum atomic E-state index is 13.7. The van der Waals surface area contributed by atoms with Crippen molar-refractivity contribution in [3.8, 4) is 0 Å². The molecule has 0 aliphatic rings. The molecule has 1 atom stereocenters. The van der Waals surface area contributed by atoms with Gasteiger partial charge in [-0.1, -0.05) is 11.6 Å². The van der Waals surface area contributed by atoms with Gasteiger partial charge in [-0.3, -0.25) is 4.90 Å². The smallest absolute Gasteiger partial charge is 0.134 e. The molecule has 2 aromatic rings. The van der Waals surface area contributed by atoms with Crippen LogP contribution >= 0.6 is 22.9 Å². The highest BCUT2D eigenvalue weighted by atomic mass is 35.5. The number of hydrogen-bond donors (Lipinski definition) is 0. The minimum atomic E-state index is -0.239. The molecule has 1 aromatic heterocycles. The topological polar surface area (TPSA) is 29.0 Å². The highest BCUT2D eigenvalue weighted by molar-refractivity contribution is 7.11. The Morgan fingerprint density at radius 2 is 2.16 bits per heavy atom. The van der Waals surface area contributed by atoms with Gasteiger partial charge in [0.1, 0.15) is 15.8 Å². The predicted octanol–water partition coefficient (Wildman–Crippen LogP) is 3.83. The van der Waals surface area contributed by atoms with Crippen LogP contribution in [0, 0.1) is 12.7 Å². The molecule has 0 amide bonds. The quantitative estimate of drug-likeness (QED) is 0.859. The van der Waals surface area contributed by atoms with Gasteiger partial charge in [0.15, 0.2) is 0 Å². The lowest BCUT2D eigenvalue weighted by Gasteiger charge is -2.22. The standard InChI is InChI=1S/C13H15ClFN3S/c1-8(13-17-16-9(2)19-13)18(3)7-10-6-11(14)4-5-12(10)15/h4-6,8H,7H2,1-3H3/t8-/m1/s1. The first-order valence-electron chi connectivity index (χ1n) is 5.91. The first-order chi connectivity index (χ1) is 8.97. The van der Waals surface area contributed by atoms with Crippen LogP contribution in [-0.2, 0) is 6.54 Å². The Morgan fingerprint density at radius 3 is 2.79 bits per heavy atom. The molecule has 2 rings (SSSR count). The molecule has 0 saturated carbocycles. The van der Waals surface area contributed by atoms with Crippen LogP contribution in [0.4, 0.5) is 4.39 Å². The van der Waals surface area contributed by atoms with Gasteiger partial charge in [0, 0.05) is 17.1 Å². The van der Waals surface area contributed by atoms with Crippen molar-refractivity contribution in [2.75, 3.05) is 7.05 Å². The van der Waals surface area contributed by atoms with E-state index in [1.54, 1.807) is 23.5 Å². The van der Waals surface area contributed by atoms with Crippen molar-refractivity contribution in [3.63, 3.8) is 0 Å². The van der Waals surface area contributed by atoms with Crippen LogP contribution in [0.1, 0.15) is 28.5 Å². The minimum absolute atomic E-state index is 0.0876. The molecular formula is C13H15ClFN3S. The molecular weight excluding hydrogens is 285 g/mol. The van der Waals surface area contributed by atoms with E-state index in [9.17, 15) is 4.39 Å². The Hall–Kier alpha value is -1.04. The zero-order valence-corrected chi connectivity index (χ0v) is 12.6. The summed E-state index contributed by atoms with van der Waals surface area (Å²) in [5, 5.41) is 10.5. The summed E-state index contributed by atoms with van der Waals surface area (Å²) in [5.41, 5.74) is 0.586. The fourth-order valence-corrected chi connectivity index (χ4v) is 2.75. The first-order valence-corrected chi connectivity index (χ1v) is 7.11. The summed E-state index contributed by atoms with van der Waals surface area (Å²) in [6.07, 6.45) is 0. The third-order valence-electron chi connectivity index (χ3n) is 2.99. The monoisotopic (exact) mass is 299 g/mol. The third kappa shape index (κ3) is 3.49. The lowest BCUT2D eigenvalue weighted by atomic mass is 10.2. The zero-order chi connectivity index (χ0) is 14.0. The van der Waals surface area contributed by atoms with Gasteiger partial charge < -0.3 is 0 Å². The highest BCUT2D eigenvalue weighted by Gasteiger charge is 2.17. The van der Waals surface area contributed by atoms with Gasteiger partial charge in [0.25, 0.3) is 0 Å². The van der Waals surface area contributed by atoms with Gasteiger partial charge in [0.05, 0.1) is 6.04 Å². The number of benzene rings is 1. The van der Waals surface area contributed by atoms with Crippen LogP contribution in [-0.4, -0.2) is 22.1 Å². The van der Waals surface area contributed by atoms with Gasteiger partial charge in [-0.2, -0.15) is 0 Å². The molecule has 0 bridgehead atoms. The van der Waals surface area contributed by atoms with Gasteiger partial charge in [0.2, 0.25) is 0 Å². The molecule has 0 aliphatic carbocycles. The number of aromatic nitrogens is 2. The molecule has 19 heavy (non-hydrogen) atoms. The van der Waals surface area contributed by atoms with E-state index in [-0.39, 0.29) is 11.9 Å². The predicted molar refractivity (Wildman–Crippen MR) is 75.9 cm³/mol. The largest absolute Gasteiger partial charge is 0.293 e. The maximum Gasteiger partial charge on any atom is 0.134 e. The molecule has 0 radical (unpaired) electrons. The second kappa shape index (κ2) is 5.94. The van der Waals surface area contributed by atoms with Gasteiger partial charge in [-0.05, 0) is 39.1 Å². The Labute approximate surface area is 121 Å². The number of nitrogens with zero attached hydrogens (tertiary/aromatic N) is 3. The van der Waals surface area contributed by atoms with E-state index in [4.69, 9.17) is 11.6 Å². The maximum absolute atomic E-state index is 13.7. The zero-order valence-electron chi connectivity index (χ0n) is 11.0. The second-order valence-electron chi connectivity index (χ2n) is 4.49. The van der Waals surface area contributed by atoms with Crippen molar-refractivity contribution in [3.05, 3.63) is 44.6 Å². The highest BCUT2D eigenvalue weighted by Crippen LogP contribution is 2.25. The molecule has 3 nitrogen and oxygen atoms in total. The van der Waals surface area contributed by atoms with Crippen LogP contribution in [0.15, 0.2) is 18.2 Å². The van der Waals surface area contributed by atoms with Crippen LogP contribution in [0.3, 0.4) is 0 Å². The molecule has 6 heteroatoms. The number of hydrogen-bond acceptors (Lipinski definition) is 4. The van der Waals surface area contributed by atoms with Crippen molar-refractivity contribution in [2.45, 2.75) is 26.4 Å². The van der Waals surface area contributed by atoms with Crippen LogP contribution in [0.5, 0.6) is 0 Å². The van der Waals surface area contributed by atoms with Gasteiger partial charge >= 0.3 is 0 Å². The molecule has 0 fully saturated rings. The lowest BCUT2D eigenvalue weighted by molar-refractivity contribution is 0.248. The van der Waals surface area contributed by atoms with Crippen LogP contribution < -0.4 is 0 Å². The molecule has 0 unspecified atom stereocenters. The lowest BCUT2D eigenvalue weighted by Crippen LogP contribution is -2.22. The Kier molecular flexibility index (Phi) is 4.50. The molecule has 0 saturated heterocycles. The van der Waals surface area contributed by atoms with Gasteiger partial charge in [-0.15, -0.1) is 21.5 Å². The summed E-state index contributed by atoms with van der Waals surface area (Å²) < 4.78 is 13.7. The molecule has 102 valence electrons. The van der Waals surface area contributed by atoms with Crippen LogP contribution in [0.25, 0.3) is 0 Å². The third-order valence-corrected chi connectivity index (χ3v) is 4.23. The summed E-state index contributed by atoms with van der Waals surface area (Å²) in [5.74, 6) is -0.239. The molecule has 0 aliphatic heterocycles. The second-order valence-corrected chi connectivity index (χ2v) is 6.14. The fraction of sp³-hybridized carbons (Fsp3) is 0.385. The summed E-state index contributed by atoms with van der Waals surface area (Å²) in [6.45, 7) is 4.43. The minimum Gasteiger partial charge on any atom is -0.293 e. The average molecular weight is 300 g/mol. The Morgan fingerprint density at radius 1 is 1.42 bits per heavy atom. The van der Waals surface area contributed by atoms with E-state index in [0.29, 0.717) is 17.1 Å². The number of aryl methyl sites for hydroxylation is 1. The summed E-state index contributed by atoms with van der Waals surface area (Å²) >= 11 is 7.45. The Balaban J connectivity index is 2.12.